The largest absolute Gasteiger partial charge is 0.393 e. The zero-order valence-electron chi connectivity index (χ0n) is 9.38. The third-order valence-corrected chi connectivity index (χ3v) is 2.36. The van der Waals surface area contributed by atoms with Gasteiger partial charge in [0, 0.05) is 0 Å². The van der Waals surface area contributed by atoms with Gasteiger partial charge in [0.25, 0.3) is 0 Å². The first-order chi connectivity index (χ1) is 5.83. The summed E-state index contributed by atoms with van der Waals surface area (Å²) in [5, 5.41) is 19.0. The third kappa shape index (κ3) is 8.26. The highest BCUT2D eigenvalue weighted by atomic mass is 16.3. The molecular formula is C11H24O2. The lowest BCUT2D eigenvalue weighted by Crippen LogP contribution is -2.26. The van der Waals surface area contributed by atoms with Gasteiger partial charge in [-0.3, -0.25) is 0 Å². The molecule has 0 saturated heterocycles. The van der Waals surface area contributed by atoms with Crippen LogP contribution in [0, 0.1) is 5.92 Å². The predicted molar refractivity (Wildman–Crippen MR) is 55.6 cm³/mol. The second kappa shape index (κ2) is 5.61. The first kappa shape index (κ1) is 12.9. The monoisotopic (exact) mass is 188 g/mol. The summed E-state index contributed by atoms with van der Waals surface area (Å²) in [6.45, 7) is 7.94. The van der Waals surface area contributed by atoms with Crippen molar-refractivity contribution in [1.29, 1.82) is 0 Å². The minimum absolute atomic E-state index is 0.300. The molecule has 2 nitrogen and oxygen atoms in total. The van der Waals surface area contributed by atoms with E-state index in [2.05, 4.69) is 13.8 Å². The quantitative estimate of drug-likeness (QED) is 0.671. The molecule has 0 aromatic heterocycles. The summed E-state index contributed by atoms with van der Waals surface area (Å²) in [6, 6.07) is 0. The molecule has 0 bridgehead atoms. The number of aliphatic hydroxyl groups excluding tert-OH is 1. The van der Waals surface area contributed by atoms with Crippen LogP contribution in [0.15, 0.2) is 0 Å². The molecule has 2 N–H and O–H groups in total. The molecule has 0 aliphatic heterocycles. The molecule has 0 aromatic carbocycles. The molecule has 0 radical (unpaired) electrons. The zero-order chi connectivity index (χ0) is 10.5. The van der Waals surface area contributed by atoms with E-state index >= 15 is 0 Å². The Bertz CT molecular complexity index is 114. The average Bonchev–Trinajstić information content (AvgIpc) is 1.98. The summed E-state index contributed by atoms with van der Waals surface area (Å²) in [5.74, 6) is 0.637. The fourth-order valence-electron chi connectivity index (χ4n) is 1.24. The Morgan fingerprint density at radius 1 is 1.08 bits per heavy atom. The second-order valence-corrected chi connectivity index (χ2v) is 4.82. The van der Waals surface area contributed by atoms with Crippen LogP contribution in [0.25, 0.3) is 0 Å². The van der Waals surface area contributed by atoms with Gasteiger partial charge in [-0.05, 0) is 45.4 Å². The molecule has 0 spiro atoms. The van der Waals surface area contributed by atoms with Crippen LogP contribution in [0.4, 0.5) is 0 Å². The molecule has 0 heterocycles. The Labute approximate surface area is 82.0 Å². The number of aliphatic hydroxyl groups is 2. The fourth-order valence-corrected chi connectivity index (χ4v) is 1.24. The van der Waals surface area contributed by atoms with Gasteiger partial charge in [0.05, 0.1) is 11.7 Å². The van der Waals surface area contributed by atoms with Crippen LogP contribution in [0.5, 0.6) is 0 Å². The van der Waals surface area contributed by atoms with Gasteiger partial charge in [-0.15, -0.1) is 0 Å². The van der Waals surface area contributed by atoms with Crippen molar-refractivity contribution in [3.63, 3.8) is 0 Å². The lowest BCUT2D eigenvalue weighted by atomic mass is 9.90. The molecule has 13 heavy (non-hydrogen) atoms. The molecule has 0 aromatic rings. The van der Waals surface area contributed by atoms with Crippen molar-refractivity contribution >= 4 is 0 Å². The van der Waals surface area contributed by atoms with E-state index in [4.69, 9.17) is 5.11 Å². The van der Waals surface area contributed by atoms with Gasteiger partial charge in [-0.2, -0.15) is 0 Å². The van der Waals surface area contributed by atoms with Crippen molar-refractivity contribution in [2.75, 3.05) is 0 Å². The topological polar surface area (TPSA) is 40.5 Å². The van der Waals surface area contributed by atoms with Crippen LogP contribution in [0.3, 0.4) is 0 Å². The smallest absolute Gasteiger partial charge is 0.0620 e. The second-order valence-electron chi connectivity index (χ2n) is 4.82. The van der Waals surface area contributed by atoms with Crippen molar-refractivity contribution in [3.05, 3.63) is 0 Å². The molecule has 0 rings (SSSR count). The summed E-state index contributed by atoms with van der Waals surface area (Å²) in [4.78, 5) is 0. The first-order valence-corrected chi connectivity index (χ1v) is 5.24. The molecule has 0 unspecified atom stereocenters. The number of hydrogen-bond donors (Lipinski definition) is 2. The predicted octanol–water partition coefficient (Wildman–Crippen LogP) is 2.33. The maximum absolute atomic E-state index is 9.90. The average molecular weight is 188 g/mol. The Kier molecular flexibility index (Phi) is 5.57. The van der Waals surface area contributed by atoms with E-state index in [9.17, 15) is 5.11 Å². The van der Waals surface area contributed by atoms with Crippen LogP contribution in [-0.2, 0) is 0 Å². The molecule has 0 aliphatic rings. The van der Waals surface area contributed by atoms with Gasteiger partial charge in [-0.1, -0.05) is 13.8 Å². The van der Waals surface area contributed by atoms with Crippen LogP contribution in [0.1, 0.15) is 53.4 Å². The van der Waals surface area contributed by atoms with Crippen LogP contribution >= 0.6 is 0 Å². The highest BCUT2D eigenvalue weighted by Crippen LogP contribution is 2.21. The molecule has 0 saturated carbocycles. The highest BCUT2D eigenvalue weighted by molar-refractivity contribution is 4.73. The Balaban J connectivity index is 3.66. The number of rotatable bonds is 6. The molecule has 2 atom stereocenters. The van der Waals surface area contributed by atoms with E-state index in [0.717, 1.165) is 12.8 Å². The minimum Gasteiger partial charge on any atom is -0.393 e. The lowest BCUT2D eigenvalue weighted by Gasteiger charge is -2.24. The van der Waals surface area contributed by atoms with E-state index in [-0.39, 0.29) is 6.10 Å². The van der Waals surface area contributed by atoms with E-state index in [1.54, 1.807) is 6.92 Å². The lowest BCUT2D eigenvalue weighted by molar-refractivity contribution is 0.0224. The van der Waals surface area contributed by atoms with Gasteiger partial charge < -0.3 is 10.2 Å². The Morgan fingerprint density at radius 2 is 1.54 bits per heavy atom. The standard InChI is InChI=1S/C11H24O2/c1-9(2)5-7-11(4,13)8-6-10(3)12/h9-10,12-13H,5-8H2,1-4H3/t10-,11-/m0/s1. The molecule has 0 aliphatic carbocycles. The van der Waals surface area contributed by atoms with Crippen LogP contribution in [0.2, 0.25) is 0 Å². The summed E-state index contributed by atoms with van der Waals surface area (Å²) < 4.78 is 0. The molecule has 2 heteroatoms. The first-order valence-electron chi connectivity index (χ1n) is 5.24. The van der Waals surface area contributed by atoms with Crippen molar-refractivity contribution in [2.45, 2.75) is 65.1 Å². The summed E-state index contributed by atoms with van der Waals surface area (Å²) in [7, 11) is 0. The summed E-state index contributed by atoms with van der Waals surface area (Å²) in [5.41, 5.74) is -0.596. The van der Waals surface area contributed by atoms with E-state index in [1.165, 1.54) is 0 Å². The molecule has 80 valence electrons. The van der Waals surface area contributed by atoms with E-state index in [1.807, 2.05) is 6.92 Å². The maximum Gasteiger partial charge on any atom is 0.0620 e. The van der Waals surface area contributed by atoms with Gasteiger partial charge in [0.2, 0.25) is 0 Å². The van der Waals surface area contributed by atoms with Crippen LogP contribution in [-0.4, -0.2) is 21.9 Å². The van der Waals surface area contributed by atoms with Crippen molar-refractivity contribution < 1.29 is 10.2 Å². The molecule has 0 fully saturated rings. The zero-order valence-corrected chi connectivity index (χ0v) is 9.38. The fraction of sp³-hybridized carbons (Fsp3) is 1.00. The van der Waals surface area contributed by atoms with Crippen molar-refractivity contribution in [1.82, 2.24) is 0 Å². The van der Waals surface area contributed by atoms with Gasteiger partial charge in [0.1, 0.15) is 0 Å². The normalized spacial score (nSPS) is 18.7. The van der Waals surface area contributed by atoms with E-state index in [0.29, 0.717) is 18.8 Å². The highest BCUT2D eigenvalue weighted by Gasteiger charge is 2.20. The summed E-state index contributed by atoms with van der Waals surface area (Å²) in [6.07, 6.45) is 2.96. The van der Waals surface area contributed by atoms with Gasteiger partial charge >= 0.3 is 0 Å². The molecular weight excluding hydrogens is 164 g/mol. The van der Waals surface area contributed by atoms with Gasteiger partial charge in [-0.25, -0.2) is 0 Å². The van der Waals surface area contributed by atoms with E-state index < -0.39 is 5.60 Å². The molecule has 0 amide bonds. The number of hydrogen-bond acceptors (Lipinski definition) is 2. The van der Waals surface area contributed by atoms with Crippen molar-refractivity contribution in [3.8, 4) is 0 Å². The SMILES string of the molecule is CC(C)CC[C@](C)(O)CC[C@H](C)O. The summed E-state index contributed by atoms with van der Waals surface area (Å²) >= 11 is 0. The Morgan fingerprint density at radius 3 is 1.92 bits per heavy atom. The van der Waals surface area contributed by atoms with Crippen molar-refractivity contribution in [2.24, 2.45) is 5.92 Å². The third-order valence-electron chi connectivity index (χ3n) is 2.36. The maximum atomic E-state index is 9.90. The van der Waals surface area contributed by atoms with Crippen LogP contribution < -0.4 is 0 Å². The van der Waals surface area contributed by atoms with Gasteiger partial charge in [0.15, 0.2) is 0 Å². The minimum atomic E-state index is -0.596. The Hall–Kier alpha value is -0.0800.